The minimum Gasteiger partial charge on any atom is -0.317 e. The number of halogens is 1. The number of nitrogens with one attached hydrogen (secondary N) is 1. The first kappa shape index (κ1) is 18.0. The van der Waals surface area contributed by atoms with Crippen molar-refractivity contribution in [3.05, 3.63) is 41.2 Å². The van der Waals surface area contributed by atoms with Gasteiger partial charge in [-0.05, 0) is 56.1 Å². The molecule has 2 fully saturated rings. The molecule has 1 aromatic heterocycles. The van der Waals surface area contributed by atoms with Gasteiger partial charge >= 0.3 is 0 Å². The number of thiazole rings is 1. The summed E-state index contributed by atoms with van der Waals surface area (Å²) >= 11 is 1.64. The highest BCUT2D eigenvalue weighted by Crippen LogP contribution is 2.24. The molecule has 0 amide bonds. The predicted octanol–water partition coefficient (Wildman–Crippen LogP) is 3.07. The van der Waals surface area contributed by atoms with E-state index >= 15 is 0 Å². The number of piperazine rings is 1. The lowest BCUT2D eigenvalue weighted by Crippen LogP contribution is -2.48. The fourth-order valence-electron chi connectivity index (χ4n) is 3.89. The second-order valence-electron chi connectivity index (χ2n) is 7.42. The molecule has 2 aromatic rings. The molecule has 6 heteroatoms. The van der Waals surface area contributed by atoms with E-state index in [-0.39, 0.29) is 5.82 Å². The van der Waals surface area contributed by atoms with Crippen molar-refractivity contribution in [2.24, 2.45) is 5.92 Å². The van der Waals surface area contributed by atoms with Gasteiger partial charge in [0.1, 0.15) is 10.8 Å². The summed E-state index contributed by atoms with van der Waals surface area (Å²) in [5, 5.41) is 6.57. The molecule has 2 saturated heterocycles. The fraction of sp³-hybridized carbons (Fsp3) is 0.550. The van der Waals surface area contributed by atoms with E-state index in [4.69, 9.17) is 4.98 Å². The molecule has 140 valence electrons. The zero-order valence-corrected chi connectivity index (χ0v) is 16.0. The number of benzene rings is 1. The Labute approximate surface area is 159 Å². The number of piperidine rings is 1. The lowest BCUT2D eigenvalue weighted by Gasteiger charge is -2.37. The van der Waals surface area contributed by atoms with Crippen LogP contribution in [-0.4, -0.2) is 60.6 Å². The van der Waals surface area contributed by atoms with Crippen LogP contribution >= 0.6 is 11.3 Å². The highest BCUT2D eigenvalue weighted by Gasteiger charge is 2.21. The molecule has 0 spiro atoms. The van der Waals surface area contributed by atoms with Crippen molar-refractivity contribution in [1.29, 1.82) is 0 Å². The van der Waals surface area contributed by atoms with Crippen molar-refractivity contribution >= 4 is 11.3 Å². The van der Waals surface area contributed by atoms with E-state index in [0.717, 1.165) is 41.8 Å². The van der Waals surface area contributed by atoms with E-state index in [9.17, 15) is 4.39 Å². The van der Waals surface area contributed by atoms with Crippen molar-refractivity contribution in [2.75, 3.05) is 45.8 Å². The summed E-state index contributed by atoms with van der Waals surface area (Å²) in [5.74, 6) is 0.674. The van der Waals surface area contributed by atoms with Crippen molar-refractivity contribution in [2.45, 2.75) is 19.4 Å². The number of nitrogens with zero attached hydrogens (tertiary/aromatic N) is 3. The Bertz CT molecular complexity index is 688. The first-order valence-corrected chi connectivity index (χ1v) is 10.5. The summed E-state index contributed by atoms with van der Waals surface area (Å²) < 4.78 is 13.1. The normalized spacial score (nSPS) is 20.5. The SMILES string of the molecule is Fc1ccc(-c2nc(CN3CCN(CC4CCNCC4)CC3)cs2)cc1. The molecule has 4 nitrogen and oxygen atoms in total. The Hall–Kier alpha value is -1.34. The van der Waals surface area contributed by atoms with Crippen LogP contribution in [0.2, 0.25) is 0 Å². The van der Waals surface area contributed by atoms with E-state index < -0.39 is 0 Å². The topological polar surface area (TPSA) is 31.4 Å². The lowest BCUT2D eigenvalue weighted by molar-refractivity contribution is 0.106. The van der Waals surface area contributed by atoms with E-state index in [2.05, 4.69) is 20.5 Å². The van der Waals surface area contributed by atoms with Gasteiger partial charge in [-0.2, -0.15) is 0 Å². The maximum absolute atomic E-state index is 13.1. The van der Waals surface area contributed by atoms with Crippen LogP contribution in [-0.2, 0) is 6.54 Å². The summed E-state index contributed by atoms with van der Waals surface area (Å²) in [6.45, 7) is 9.12. The van der Waals surface area contributed by atoms with Gasteiger partial charge in [0.25, 0.3) is 0 Å². The Morgan fingerprint density at radius 3 is 2.46 bits per heavy atom. The zero-order valence-electron chi connectivity index (χ0n) is 15.2. The Balaban J connectivity index is 1.26. The van der Waals surface area contributed by atoms with Gasteiger partial charge in [0.05, 0.1) is 5.69 Å². The van der Waals surface area contributed by atoms with Crippen LogP contribution in [0, 0.1) is 11.7 Å². The van der Waals surface area contributed by atoms with E-state index in [1.807, 2.05) is 0 Å². The van der Waals surface area contributed by atoms with E-state index in [1.54, 1.807) is 23.5 Å². The average molecular weight is 375 g/mol. The third-order valence-corrected chi connectivity index (χ3v) is 6.41. The Kier molecular flexibility index (Phi) is 5.94. The highest BCUT2D eigenvalue weighted by atomic mass is 32.1. The Morgan fingerprint density at radius 2 is 1.73 bits per heavy atom. The molecular weight excluding hydrogens is 347 g/mol. The molecule has 0 unspecified atom stereocenters. The van der Waals surface area contributed by atoms with Gasteiger partial charge < -0.3 is 10.2 Å². The number of rotatable bonds is 5. The summed E-state index contributed by atoms with van der Waals surface area (Å²) in [6.07, 6.45) is 2.65. The monoisotopic (exact) mass is 374 g/mol. The van der Waals surface area contributed by atoms with Crippen molar-refractivity contribution in [1.82, 2.24) is 20.1 Å². The van der Waals surface area contributed by atoms with Crippen LogP contribution in [0.5, 0.6) is 0 Å². The molecule has 0 bridgehead atoms. The zero-order chi connectivity index (χ0) is 17.8. The molecule has 0 atom stereocenters. The van der Waals surface area contributed by atoms with Gasteiger partial charge in [-0.25, -0.2) is 9.37 Å². The minimum absolute atomic E-state index is 0.201. The van der Waals surface area contributed by atoms with Crippen molar-refractivity contribution < 1.29 is 4.39 Å². The van der Waals surface area contributed by atoms with Crippen LogP contribution in [0.3, 0.4) is 0 Å². The van der Waals surface area contributed by atoms with Crippen LogP contribution in [0.4, 0.5) is 4.39 Å². The van der Waals surface area contributed by atoms with Crippen LogP contribution < -0.4 is 5.32 Å². The first-order chi connectivity index (χ1) is 12.8. The molecule has 4 rings (SSSR count). The van der Waals surface area contributed by atoms with Crippen LogP contribution in [0.25, 0.3) is 10.6 Å². The maximum atomic E-state index is 13.1. The number of hydrogen-bond acceptors (Lipinski definition) is 5. The van der Waals surface area contributed by atoms with Gasteiger partial charge in [0.2, 0.25) is 0 Å². The molecule has 1 N–H and O–H groups in total. The van der Waals surface area contributed by atoms with Gasteiger partial charge in [-0.1, -0.05) is 0 Å². The van der Waals surface area contributed by atoms with Crippen LogP contribution in [0.1, 0.15) is 18.5 Å². The first-order valence-electron chi connectivity index (χ1n) is 9.62. The summed E-state index contributed by atoms with van der Waals surface area (Å²) in [5.41, 5.74) is 2.12. The van der Waals surface area contributed by atoms with Crippen molar-refractivity contribution in [3.63, 3.8) is 0 Å². The minimum atomic E-state index is -0.201. The van der Waals surface area contributed by atoms with E-state index in [1.165, 1.54) is 57.7 Å². The smallest absolute Gasteiger partial charge is 0.123 e. The third-order valence-electron chi connectivity index (χ3n) is 5.47. The highest BCUT2D eigenvalue weighted by molar-refractivity contribution is 7.13. The summed E-state index contributed by atoms with van der Waals surface area (Å²) in [6, 6.07) is 6.60. The molecule has 2 aliphatic heterocycles. The Morgan fingerprint density at radius 1 is 1.04 bits per heavy atom. The second kappa shape index (κ2) is 8.57. The quantitative estimate of drug-likeness (QED) is 0.872. The predicted molar refractivity (Wildman–Crippen MR) is 105 cm³/mol. The third kappa shape index (κ3) is 4.68. The second-order valence-corrected chi connectivity index (χ2v) is 8.28. The van der Waals surface area contributed by atoms with E-state index in [0.29, 0.717) is 0 Å². The van der Waals surface area contributed by atoms with Gasteiger partial charge in [0, 0.05) is 50.2 Å². The molecular formula is C20H27FN4S. The van der Waals surface area contributed by atoms with Gasteiger partial charge in [-0.15, -0.1) is 11.3 Å². The number of hydrogen-bond donors (Lipinski definition) is 1. The average Bonchev–Trinajstić information content (AvgIpc) is 3.13. The van der Waals surface area contributed by atoms with Crippen LogP contribution in [0.15, 0.2) is 29.6 Å². The van der Waals surface area contributed by atoms with Crippen molar-refractivity contribution in [3.8, 4) is 10.6 Å². The molecule has 0 radical (unpaired) electrons. The van der Waals surface area contributed by atoms with Gasteiger partial charge in [-0.3, -0.25) is 4.90 Å². The molecule has 26 heavy (non-hydrogen) atoms. The molecule has 1 aromatic carbocycles. The molecule has 3 heterocycles. The molecule has 0 saturated carbocycles. The largest absolute Gasteiger partial charge is 0.317 e. The fourth-order valence-corrected chi connectivity index (χ4v) is 4.71. The molecule has 2 aliphatic rings. The lowest BCUT2D eigenvalue weighted by atomic mass is 9.97. The maximum Gasteiger partial charge on any atom is 0.123 e. The van der Waals surface area contributed by atoms with Gasteiger partial charge in [0.15, 0.2) is 0 Å². The standard InChI is InChI=1S/C20H27FN4S/c21-18-3-1-17(2-4-18)20-23-19(15-26-20)14-25-11-9-24(10-12-25)13-16-5-7-22-8-6-16/h1-4,15-16,22H,5-14H2. The number of aromatic nitrogens is 1. The summed E-state index contributed by atoms with van der Waals surface area (Å²) in [4.78, 5) is 9.89. The molecule has 0 aliphatic carbocycles. The summed E-state index contributed by atoms with van der Waals surface area (Å²) in [7, 11) is 0.